The largest absolute Gasteiger partial charge is 0.395 e. The van der Waals surface area contributed by atoms with Gasteiger partial charge in [-0.15, -0.1) is 0 Å². The van der Waals surface area contributed by atoms with Crippen LogP contribution in [0.5, 0.6) is 0 Å². The molecule has 1 aromatic rings. The summed E-state index contributed by atoms with van der Waals surface area (Å²) in [6.07, 6.45) is 1.71. The van der Waals surface area contributed by atoms with E-state index >= 15 is 0 Å². The molecule has 2 rings (SSSR count). The van der Waals surface area contributed by atoms with Crippen LogP contribution in [0, 0.1) is 5.92 Å². The molecule has 106 valence electrons. The number of H-pyrrole nitrogens is 1. The average Bonchev–Trinajstić information content (AvgIpc) is 2.74. The fourth-order valence-corrected chi connectivity index (χ4v) is 2.63. The molecule has 19 heavy (non-hydrogen) atoms. The number of piperidine rings is 1. The summed E-state index contributed by atoms with van der Waals surface area (Å²) < 4.78 is 0. The van der Waals surface area contributed by atoms with E-state index in [4.69, 9.17) is 5.73 Å². The molecule has 1 aliphatic rings. The van der Waals surface area contributed by atoms with E-state index in [9.17, 15) is 4.79 Å². The summed E-state index contributed by atoms with van der Waals surface area (Å²) in [5.74, 6) is 0.267. The fourth-order valence-electron chi connectivity index (χ4n) is 2.63. The van der Waals surface area contributed by atoms with Crippen LogP contribution in [-0.4, -0.2) is 47.2 Å². The van der Waals surface area contributed by atoms with E-state index < -0.39 is 0 Å². The summed E-state index contributed by atoms with van der Waals surface area (Å²) in [7, 11) is 2.10. The smallest absolute Gasteiger partial charge is 0.274 e. The second-order valence-corrected chi connectivity index (χ2v) is 5.43. The maximum absolute atomic E-state index is 12.2. The van der Waals surface area contributed by atoms with Gasteiger partial charge in [0.05, 0.1) is 11.4 Å². The third-order valence-electron chi connectivity index (χ3n) is 3.88. The molecule has 2 atom stereocenters. The van der Waals surface area contributed by atoms with E-state index in [0.29, 0.717) is 17.3 Å². The number of hydrogen-bond acceptors (Lipinski definition) is 4. The van der Waals surface area contributed by atoms with Gasteiger partial charge in [-0.2, -0.15) is 5.10 Å². The lowest BCUT2D eigenvalue weighted by Crippen LogP contribution is -2.49. The summed E-state index contributed by atoms with van der Waals surface area (Å²) in [5, 5.41) is 9.89. The zero-order valence-electron chi connectivity index (χ0n) is 11.9. The molecular weight excluding hydrogens is 242 g/mol. The molecule has 0 aromatic carbocycles. The van der Waals surface area contributed by atoms with Gasteiger partial charge in [0.2, 0.25) is 0 Å². The van der Waals surface area contributed by atoms with Crippen molar-refractivity contribution in [3.8, 4) is 0 Å². The first kappa shape index (κ1) is 13.9. The Morgan fingerprint density at radius 3 is 2.95 bits per heavy atom. The van der Waals surface area contributed by atoms with E-state index in [1.165, 1.54) is 0 Å². The number of carbonyl (C=O) groups excluding carboxylic acids is 1. The lowest BCUT2D eigenvalue weighted by Gasteiger charge is -2.35. The number of aromatic amines is 1. The molecule has 1 fully saturated rings. The monoisotopic (exact) mass is 265 g/mol. The molecule has 1 aliphatic heterocycles. The fraction of sp³-hybridized carbons (Fsp3) is 0.692. The van der Waals surface area contributed by atoms with Gasteiger partial charge in [-0.25, -0.2) is 0 Å². The molecule has 0 spiro atoms. The summed E-state index contributed by atoms with van der Waals surface area (Å²) in [4.78, 5) is 14.5. The highest BCUT2D eigenvalue weighted by Crippen LogP contribution is 2.18. The Labute approximate surface area is 113 Å². The van der Waals surface area contributed by atoms with Crippen molar-refractivity contribution in [3.63, 3.8) is 0 Å². The molecule has 1 saturated heterocycles. The molecule has 4 N–H and O–H groups in total. The number of amides is 1. The van der Waals surface area contributed by atoms with Crippen LogP contribution in [0.4, 0.5) is 5.69 Å². The van der Waals surface area contributed by atoms with Crippen molar-refractivity contribution in [1.82, 2.24) is 20.4 Å². The Kier molecular flexibility index (Phi) is 4.09. The van der Waals surface area contributed by atoms with E-state index in [0.717, 1.165) is 31.6 Å². The number of carbonyl (C=O) groups is 1. The summed E-state index contributed by atoms with van der Waals surface area (Å²) in [6, 6.07) is 0.199. The number of rotatable bonds is 3. The second kappa shape index (κ2) is 5.61. The Balaban J connectivity index is 2.02. The highest BCUT2D eigenvalue weighted by Gasteiger charge is 2.27. The van der Waals surface area contributed by atoms with Crippen LogP contribution >= 0.6 is 0 Å². The molecule has 0 saturated carbocycles. The van der Waals surface area contributed by atoms with Crippen LogP contribution in [0.1, 0.15) is 36.5 Å². The zero-order valence-corrected chi connectivity index (χ0v) is 11.9. The Bertz CT molecular complexity index is 456. The number of nitrogens with zero attached hydrogens (tertiary/aromatic N) is 2. The summed E-state index contributed by atoms with van der Waals surface area (Å²) in [6.45, 7) is 6.14. The maximum Gasteiger partial charge on any atom is 0.274 e. The molecule has 0 aliphatic carbocycles. The molecule has 1 amide bonds. The molecule has 0 bridgehead atoms. The number of nitrogen functional groups attached to an aromatic ring is 1. The van der Waals surface area contributed by atoms with Crippen molar-refractivity contribution < 1.29 is 4.79 Å². The minimum absolute atomic E-state index is 0.171. The quantitative estimate of drug-likeness (QED) is 0.748. The number of aryl methyl sites for hydroxylation is 1. The molecule has 6 nitrogen and oxygen atoms in total. The predicted molar refractivity (Wildman–Crippen MR) is 74.9 cm³/mol. The minimum atomic E-state index is -0.171. The van der Waals surface area contributed by atoms with Crippen LogP contribution in [0.25, 0.3) is 0 Å². The van der Waals surface area contributed by atoms with Gasteiger partial charge in [-0.1, -0.05) is 13.8 Å². The van der Waals surface area contributed by atoms with Crippen LogP contribution in [0.3, 0.4) is 0 Å². The number of nitrogens with one attached hydrogen (secondary N) is 2. The number of likely N-dealkylation sites (tertiary alicyclic amines) is 1. The standard InChI is InChI=1S/C13H23N5O/c1-4-9-11(14)12(17-16-9)13(19)15-10-5-6-18(3)7-8(10)2/h8,10H,4-7,14H2,1-3H3,(H,15,19)(H,16,17). The topological polar surface area (TPSA) is 87.0 Å². The highest BCUT2D eigenvalue weighted by atomic mass is 16.2. The molecular formula is C13H23N5O. The first-order chi connectivity index (χ1) is 9.02. The molecule has 2 heterocycles. The van der Waals surface area contributed by atoms with Crippen molar-refractivity contribution in [2.45, 2.75) is 32.7 Å². The zero-order chi connectivity index (χ0) is 14.0. The molecule has 6 heteroatoms. The van der Waals surface area contributed by atoms with Gasteiger partial charge in [0.1, 0.15) is 0 Å². The SMILES string of the molecule is CCc1[nH]nc(C(=O)NC2CCN(C)CC2C)c1N. The Morgan fingerprint density at radius 2 is 2.37 bits per heavy atom. The number of aromatic nitrogens is 2. The summed E-state index contributed by atoms with van der Waals surface area (Å²) in [5.41, 5.74) is 7.53. The van der Waals surface area contributed by atoms with Crippen molar-refractivity contribution in [2.24, 2.45) is 5.92 Å². The number of nitrogens with two attached hydrogens (primary N) is 1. The minimum Gasteiger partial charge on any atom is -0.395 e. The van der Waals surface area contributed by atoms with E-state index in [-0.39, 0.29) is 11.9 Å². The van der Waals surface area contributed by atoms with Crippen molar-refractivity contribution in [1.29, 1.82) is 0 Å². The van der Waals surface area contributed by atoms with Gasteiger partial charge in [0, 0.05) is 12.6 Å². The van der Waals surface area contributed by atoms with Crippen LogP contribution in [0.2, 0.25) is 0 Å². The average molecular weight is 265 g/mol. The van der Waals surface area contributed by atoms with E-state index in [1.54, 1.807) is 0 Å². The predicted octanol–water partition coefficient (Wildman–Crippen LogP) is 0.624. The van der Waals surface area contributed by atoms with E-state index in [1.807, 2.05) is 6.92 Å². The van der Waals surface area contributed by atoms with Gasteiger partial charge in [-0.3, -0.25) is 9.89 Å². The molecule has 1 aromatic heterocycles. The molecule has 0 radical (unpaired) electrons. The normalized spacial score (nSPS) is 24.4. The lowest BCUT2D eigenvalue weighted by molar-refractivity contribution is 0.0879. The maximum atomic E-state index is 12.2. The van der Waals surface area contributed by atoms with Crippen molar-refractivity contribution >= 4 is 11.6 Å². The first-order valence-electron chi connectivity index (χ1n) is 6.85. The Morgan fingerprint density at radius 1 is 1.63 bits per heavy atom. The van der Waals surface area contributed by atoms with Gasteiger partial charge in [0.25, 0.3) is 5.91 Å². The Hall–Kier alpha value is -1.56. The highest BCUT2D eigenvalue weighted by molar-refractivity contribution is 5.97. The summed E-state index contributed by atoms with van der Waals surface area (Å²) >= 11 is 0. The van der Waals surface area contributed by atoms with Crippen LogP contribution in [0.15, 0.2) is 0 Å². The third kappa shape index (κ3) is 2.89. The second-order valence-electron chi connectivity index (χ2n) is 5.43. The molecule has 2 unspecified atom stereocenters. The first-order valence-corrected chi connectivity index (χ1v) is 6.85. The van der Waals surface area contributed by atoms with Gasteiger partial charge in [0.15, 0.2) is 5.69 Å². The van der Waals surface area contributed by atoms with Gasteiger partial charge < -0.3 is 16.0 Å². The number of hydrogen-bond donors (Lipinski definition) is 3. The van der Waals surface area contributed by atoms with Crippen LogP contribution in [-0.2, 0) is 6.42 Å². The van der Waals surface area contributed by atoms with E-state index in [2.05, 4.69) is 34.4 Å². The van der Waals surface area contributed by atoms with Gasteiger partial charge in [-0.05, 0) is 32.4 Å². The third-order valence-corrected chi connectivity index (χ3v) is 3.88. The number of anilines is 1. The van der Waals surface area contributed by atoms with Gasteiger partial charge >= 0.3 is 0 Å². The van der Waals surface area contributed by atoms with Crippen molar-refractivity contribution in [2.75, 3.05) is 25.9 Å². The van der Waals surface area contributed by atoms with Crippen molar-refractivity contribution in [3.05, 3.63) is 11.4 Å². The lowest BCUT2D eigenvalue weighted by atomic mass is 9.94. The van der Waals surface area contributed by atoms with Crippen LogP contribution < -0.4 is 11.1 Å².